The van der Waals surface area contributed by atoms with Gasteiger partial charge in [-0.05, 0) is 72.4 Å². The van der Waals surface area contributed by atoms with Crippen LogP contribution in [-0.4, -0.2) is 28.5 Å². The van der Waals surface area contributed by atoms with Gasteiger partial charge in [0.1, 0.15) is 0 Å². The molecule has 206 valence electrons. The average molecular weight is 566 g/mol. The van der Waals surface area contributed by atoms with Crippen molar-refractivity contribution in [3.05, 3.63) is 99.9 Å². The number of carboxylic acid groups (broad SMARTS) is 1. The van der Waals surface area contributed by atoms with Crippen LogP contribution in [0.1, 0.15) is 45.5 Å². The Bertz CT molecular complexity index is 1520. The molecule has 0 aliphatic heterocycles. The number of carbonyl (C=O) groups excluding carboxylic acids is 1. The second-order valence-electron chi connectivity index (χ2n) is 9.58. The van der Waals surface area contributed by atoms with E-state index in [4.69, 9.17) is 10.1 Å². The zero-order valence-corrected chi connectivity index (χ0v) is 22.2. The molecule has 0 spiro atoms. The highest BCUT2D eigenvalue weighted by atomic mass is 32.1. The fourth-order valence-electron chi connectivity index (χ4n) is 4.68. The van der Waals surface area contributed by atoms with Gasteiger partial charge in [0, 0.05) is 28.7 Å². The highest BCUT2D eigenvalue weighted by Crippen LogP contribution is 2.37. The van der Waals surface area contributed by atoms with E-state index in [0.717, 1.165) is 42.6 Å². The van der Waals surface area contributed by atoms with Crippen molar-refractivity contribution < 1.29 is 27.9 Å². The summed E-state index contributed by atoms with van der Waals surface area (Å²) in [6.45, 7) is 0.507. The van der Waals surface area contributed by atoms with E-state index in [1.54, 1.807) is 12.1 Å². The summed E-state index contributed by atoms with van der Waals surface area (Å²) in [7, 11) is 0. The number of hydrogen-bond donors (Lipinski definition) is 2. The van der Waals surface area contributed by atoms with E-state index in [0.29, 0.717) is 28.5 Å². The summed E-state index contributed by atoms with van der Waals surface area (Å²) in [5, 5.41) is 13.9. The molecule has 0 saturated heterocycles. The quantitative estimate of drug-likeness (QED) is 0.232. The van der Waals surface area contributed by atoms with E-state index in [1.807, 2.05) is 17.5 Å². The molecule has 2 N–H and O–H groups in total. The maximum atomic E-state index is 13.0. The normalized spacial score (nSPS) is 12.7. The number of aromatic nitrogens is 1. The molecule has 0 bridgehead atoms. The lowest BCUT2D eigenvalue weighted by atomic mass is 10.1. The number of nitrogens with zero attached hydrogens (tertiary/aromatic N) is 2. The number of thiazole rings is 1. The fraction of sp³-hybridized carbons (Fsp3) is 0.233. The Morgan fingerprint density at radius 2 is 1.70 bits per heavy atom. The predicted molar refractivity (Wildman–Crippen MR) is 148 cm³/mol. The number of alkyl halides is 3. The van der Waals surface area contributed by atoms with E-state index in [1.165, 1.54) is 34.6 Å². The first-order chi connectivity index (χ1) is 19.2. The topological polar surface area (TPSA) is 82.5 Å². The van der Waals surface area contributed by atoms with Gasteiger partial charge >= 0.3 is 12.1 Å². The van der Waals surface area contributed by atoms with Crippen LogP contribution in [0.4, 0.5) is 24.0 Å². The Kier molecular flexibility index (Phi) is 7.88. The molecular formula is C30H26F3N3O3S. The molecule has 0 radical (unpaired) electrons. The smallest absolute Gasteiger partial charge is 0.416 e. The van der Waals surface area contributed by atoms with Gasteiger partial charge in [-0.1, -0.05) is 30.3 Å². The first-order valence-corrected chi connectivity index (χ1v) is 13.7. The number of hydrogen-bond acceptors (Lipinski definition) is 5. The van der Waals surface area contributed by atoms with Crippen LogP contribution < -0.4 is 10.2 Å². The minimum atomic E-state index is -4.40. The van der Waals surface area contributed by atoms with Crippen LogP contribution in [-0.2, 0) is 30.4 Å². The standard InChI is InChI=1S/C30H26F3N3O3S/c31-30(32,33)24-11-8-21(9-12-24)26-18-40-29(35-26)36(25-13-10-20-2-1-3-23(20)16-25)17-19-4-6-22(7-5-19)28(39)34-15-14-27(37)38/h4-13,16,18H,1-3,14-15,17H2,(H,34,39)(H,37,38). The molecule has 3 aromatic carbocycles. The number of carboxylic acids is 1. The van der Waals surface area contributed by atoms with Crippen molar-refractivity contribution in [2.24, 2.45) is 0 Å². The van der Waals surface area contributed by atoms with E-state index in [9.17, 15) is 22.8 Å². The maximum absolute atomic E-state index is 13.0. The molecule has 1 aromatic heterocycles. The van der Waals surface area contributed by atoms with Crippen LogP contribution in [0.5, 0.6) is 0 Å². The lowest BCUT2D eigenvalue weighted by molar-refractivity contribution is -0.138. The maximum Gasteiger partial charge on any atom is 0.416 e. The van der Waals surface area contributed by atoms with E-state index in [-0.39, 0.29) is 18.9 Å². The lowest BCUT2D eigenvalue weighted by Gasteiger charge is -2.23. The molecule has 0 fully saturated rings. The second kappa shape index (κ2) is 11.5. The third kappa shape index (κ3) is 6.34. The van der Waals surface area contributed by atoms with Crippen molar-refractivity contribution in [1.29, 1.82) is 0 Å². The Labute approximate surface area is 233 Å². The minimum absolute atomic E-state index is 0.0489. The molecule has 10 heteroatoms. The summed E-state index contributed by atoms with van der Waals surface area (Å²) in [4.78, 5) is 29.9. The highest BCUT2D eigenvalue weighted by Gasteiger charge is 2.30. The molecule has 1 amide bonds. The van der Waals surface area contributed by atoms with Crippen molar-refractivity contribution in [1.82, 2.24) is 10.3 Å². The van der Waals surface area contributed by atoms with Crippen LogP contribution >= 0.6 is 11.3 Å². The number of carbonyl (C=O) groups is 2. The van der Waals surface area contributed by atoms with Gasteiger partial charge in [0.15, 0.2) is 5.13 Å². The van der Waals surface area contributed by atoms with Gasteiger partial charge in [-0.3, -0.25) is 9.59 Å². The van der Waals surface area contributed by atoms with Crippen LogP contribution in [0.2, 0.25) is 0 Å². The SMILES string of the molecule is O=C(O)CCNC(=O)c1ccc(CN(c2ccc3c(c2)CCC3)c2nc(-c3ccc(C(F)(F)F)cc3)cs2)cc1. The van der Waals surface area contributed by atoms with Gasteiger partial charge in [-0.15, -0.1) is 11.3 Å². The number of nitrogens with one attached hydrogen (secondary N) is 1. The molecule has 1 heterocycles. The predicted octanol–water partition coefficient (Wildman–Crippen LogP) is 6.86. The van der Waals surface area contributed by atoms with Crippen LogP contribution in [0.25, 0.3) is 11.3 Å². The van der Waals surface area contributed by atoms with Crippen LogP contribution in [0.3, 0.4) is 0 Å². The van der Waals surface area contributed by atoms with Gasteiger partial charge in [0.25, 0.3) is 5.91 Å². The Hall–Kier alpha value is -4.18. The Morgan fingerprint density at radius 3 is 2.40 bits per heavy atom. The number of amides is 1. The van der Waals surface area contributed by atoms with Gasteiger partial charge < -0.3 is 15.3 Å². The lowest BCUT2D eigenvalue weighted by Crippen LogP contribution is -2.26. The molecule has 1 aliphatic carbocycles. The first-order valence-electron chi connectivity index (χ1n) is 12.8. The summed E-state index contributed by atoms with van der Waals surface area (Å²) in [5.74, 6) is -1.32. The number of fused-ring (bicyclic) bond motifs is 1. The number of aliphatic carboxylic acids is 1. The van der Waals surface area contributed by atoms with Gasteiger partial charge in [0.05, 0.1) is 24.2 Å². The van der Waals surface area contributed by atoms with Crippen LogP contribution in [0, 0.1) is 0 Å². The molecule has 0 unspecified atom stereocenters. The molecular weight excluding hydrogens is 539 g/mol. The summed E-state index contributed by atoms with van der Waals surface area (Å²) < 4.78 is 39.0. The van der Waals surface area contributed by atoms with Gasteiger partial charge in [0.2, 0.25) is 0 Å². The summed E-state index contributed by atoms with van der Waals surface area (Å²) in [6, 6.07) is 18.4. The Balaban J connectivity index is 1.40. The molecule has 4 aromatic rings. The summed E-state index contributed by atoms with van der Waals surface area (Å²) in [5.41, 5.74) is 5.44. The van der Waals surface area contributed by atoms with Gasteiger partial charge in [-0.2, -0.15) is 13.2 Å². The first kappa shape index (κ1) is 27.4. The monoisotopic (exact) mass is 565 g/mol. The average Bonchev–Trinajstić information content (AvgIpc) is 3.61. The van der Waals surface area contributed by atoms with E-state index in [2.05, 4.69) is 28.4 Å². The number of anilines is 2. The number of aryl methyl sites for hydroxylation is 2. The zero-order chi connectivity index (χ0) is 28.3. The van der Waals surface area contributed by atoms with Crippen molar-refractivity contribution in [3.63, 3.8) is 0 Å². The molecule has 1 aliphatic rings. The zero-order valence-electron chi connectivity index (χ0n) is 21.4. The summed E-state index contributed by atoms with van der Waals surface area (Å²) in [6.07, 6.45) is -1.37. The molecule has 0 atom stereocenters. The minimum Gasteiger partial charge on any atom is -0.481 e. The van der Waals surface area contributed by atoms with Crippen molar-refractivity contribution in [3.8, 4) is 11.3 Å². The largest absolute Gasteiger partial charge is 0.481 e. The van der Waals surface area contributed by atoms with E-state index >= 15 is 0 Å². The number of halogens is 3. The van der Waals surface area contributed by atoms with Crippen molar-refractivity contribution in [2.45, 2.75) is 38.4 Å². The molecule has 6 nitrogen and oxygen atoms in total. The van der Waals surface area contributed by atoms with Crippen molar-refractivity contribution in [2.75, 3.05) is 11.4 Å². The molecule has 40 heavy (non-hydrogen) atoms. The van der Waals surface area contributed by atoms with Gasteiger partial charge in [-0.25, -0.2) is 4.98 Å². The number of benzene rings is 3. The fourth-order valence-corrected chi connectivity index (χ4v) is 5.53. The second-order valence-corrected chi connectivity index (χ2v) is 10.4. The Morgan fingerprint density at radius 1 is 0.975 bits per heavy atom. The highest BCUT2D eigenvalue weighted by molar-refractivity contribution is 7.14. The molecule has 5 rings (SSSR count). The third-order valence-electron chi connectivity index (χ3n) is 6.81. The van der Waals surface area contributed by atoms with Crippen LogP contribution in [0.15, 0.2) is 72.1 Å². The summed E-state index contributed by atoms with van der Waals surface area (Å²) >= 11 is 1.41. The third-order valence-corrected chi connectivity index (χ3v) is 7.67. The molecule has 0 saturated carbocycles. The number of rotatable bonds is 9. The van der Waals surface area contributed by atoms with Crippen molar-refractivity contribution >= 4 is 34.0 Å². The van der Waals surface area contributed by atoms with E-state index < -0.39 is 17.7 Å².